The van der Waals surface area contributed by atoms with Gasteiger partial charge in [0.15, 0.2) is 0 Å². The van der Waals surface area contributed by atoms with Crippen molar-refractivity contribution in [3.8, 4) is 0 Å². The van der Waals surface area contributed by atoms with E-state index < -0.39 is 0 Å². The molecule has 0 fully saturated rings. The molecule has 0 aliphatic rings. The molecule has 2 heteroatoms. The lowest BCUT2D eigenvalue weighted by Crippen LogP contribution is -1.99. The van der Waals surface area contributed by atoms with Crippen molar-refractivity contribution in [3.63, 3.8) is 0 Å². The van der Waals surface area contributed by atoms with Gasteiger partial charge in [0.1, 0.15) is 0 Å². The summed E-state index contributed by atoms with van der Waals surface area (Å²) in [4.78, 5) is 10.2. The Morgan fingerprint density at radius 2 is 2.00 bits per heavy atom. The lowest BCUT2D eigenvalue weighted by molar-refractivity contribution is 0.528. The van der Waals surface area contributed by atoms with Crippen LogP contribution in [0.3, 0.4) is 0 Å². The largest absolute Gasteiger partial charge is 0.291 e. The summed E-state index contributed by atoms with van der Waals surface area (Å²) in [5.74, 6) is -0.0359. The Bertz CT molecular complexity index is 253. The number of hydrogen-bond acceptors (Lipinski definition) is 1. The molecule has 0 aromatic heterocycles. The molecule has 1 unspecified atom stereocenters. The van der Waals surface area contributed by atoms with Gasteiger partial charge in [0.05, 0.1) is 0 Å². The SMILES string of the molecule is CC([C]=O)Cc1ccc(Cl)cc1. The van der Waals surface area contributed by atoms with Crippen LogP contribution in [0.1, 0.15) is 12.5 Å². The van der Waals surface area contributed by atoms with Gasteiger partial charge in [-0.15, -0.1) is 0 Å². The topological polar surface area (TPSA) is 17.1 Å². The molecule has 1 radical (unpaired) electrons. The first-order valence-corrected chi connectivity index (χ1v) is 4.22. The van der Waals surface area contributed by atoms with Gasteiger partial charge < -0.3 is 0 Å². The summed E-state index contributed by atoms with van der Waals surface area (Å²) in [6.07, 6.45) is 2.68. The van der Waals surface area contributed by atoms with E-state index in [0.29, 0.717) is 0 Å². The van der Waals surface area contributed by atoms with Gasteiger partial charge in [-0.2, -0.15) is 0 Å². The normalized spacial score (nSPS) is 12.5. The Kier molecular flexibility index (Phi) is 3.30. The zero-order valence-corrected chi connectivity index (χ0v) is 7.64. The Morgan fingerprint density at radius 1 is 1.42 bits per heavy atom. The summed E-state index contributed by atoms with van der Waals surface area (Å²) in [5.41, 5.74) is 1.12. The standard InChI is InChI=1S/C10H10ClO/c1-8(7-12)6-9-2-4-10(11)5-3-9/h2-5,8H,6H2,1H3. The van der Waals surface area contributed by atoms with Gasteiger partial charge in [-0.1, -0.05) is 30.7 Å². The molecule has 0 aliphatic heterocycles. The zero-order chi connectivity index (χ0) is 8.97. The minimum absolute atomic E-state index is 0.0359. The van der Waals surface area contributed by atoms with Gasteiger partial charge in [0.25, 0.3) is 0 Å². The first-order chi connectivity index (χ1) is 5.72. The van der Waals surface area contributed by atoms with Crippen LogP contribution < -0.4 is 0 Å². The Morgan fingerprint density at radius 3 is 2.50 bits per heavy atom. The maximum Gasteiger partial charge on any atom is 0.201 e. The Labute approximate surface area is 77.4 Å². The fourth-order valence-corrected chi connectivity index (χ4v) is 1.14. The zero-order valence-electron chi connectivity index (χ0n) is 6.88. The van der Waals surface area contributed by atoms with Crippen molar-refractivity contribution >= 4 is 17.9 Å². The van der Waals surface area contributed by atoms with Crippen molar-refractivity contribution < 1.29 is 4.79 Å². The van der Waals surface area contributed by atoms with Crippen molar-refractivity contribution in [2.45, 2.75) is 13.3 Å². The average molecular weight is 182 g/mol. The first kappa shape index (κ1) is 9.27. The third kappa shape index (κ3) is 2.67. The number of benzene rings is 1. The van der Waals surface area contributed by atoms with Crippen LogP contribution in [0.2, 0.25) is 5.02 Å². The van der Waals surface area contributed by atoms with Gasteiger partial charge in [-0.25, -0.2) is 0 Å². The van der Waals surface area contributed by atoms with E-state index in [2.05, 4.69) is 0 Å². The van der Waals surface area contributed by atoms with E-state index in [1.807, 2.05) is 37.5 Å². The molecule has 63 valence electrons. The molecule has 12 heavy (non-hydrogen) atoms. The molecule has 1 rings (SSSR count). The lowest BCUT2D eigenvalue weighted by Gasteiger charge is -2.02. The Hall–Kier alpha value is -0.820. The van der Waals surface area contributed by atoms with Crippen molar-refractivity contribution in [1.29, 1.82) is 0 Å². The van der Waals surface area contributed by atoms with Crippen LogP contribution in [0.4, 0.5) is 0 Å². The van der Waals surface area contributed by atoms with Crippen LogP contribution in [-0.2, 0) is 11.2 Å². The van der Waals surface area contributed by atoms with Gasteiger partial charge in [-0.3, -0.25) is 4.79 Å². The number of rotatable bonds is 3. The van der Waals surface area contributed by atoms with E-state index in [4.69, 9.17) is 11.6 Å². The van der Waals surface area contributed by atoms with Gasteiger partial charge in [0, 0.05) is 10.9 Å². The van der Waals surface area contributed by atoms with Crippen LogP contribution in [0.25, 0.3) is 0 Å². The van der Waals surface area contributed by atoms with Crippen LogP contribution >= 0.6 is 11.6 Å². The first-order valence-electron chi connectivity index (χ1n) is 3.84. The fraction of sp³-hybridized carbons (Fsp3) is 0.300. The third-order valence-electron chi connectivity index (χ3n) is 1.66. The summed E-state index contributed by atoms with van der Waals surface area (Å²) in [6, 6.07) is 7.51. The molecular formula is C10H10ClO. The van der Waals surface area contributed by atoms with Crippen LogP contribution in [0, 0.1) is 5.92 Å². The smallest absolute Gasteiger partial charge is 0.201 e. The second kappa shape index (κ2) is 4.27. The molecule has 1 aromatic rings. The number of halogens is 1. The molecule has 0 bridgehead atoms. The molecule has 0 spiro atoms. The highest BCUT2D eigenvalue weighted by Gasteiger charge is 2.01. The lowest BCUT2D eigenvalue weighted by atomic mass is 10.0. The maximum atomic E-state index is 10.2. The highest BCUT2D eigenvalue weighted by atomic mass is 35.5. The highest BCUT2D eigenvalue weighted by Crippen LogP contribution is 2.12. The molecule has 1 aromatic carbocycles. The molecule has 0 saturated carbocycles. The average Bonchev–Trinajstić information content (AvgIpc) is 2.09. The summed E-state index contributed by atoms with van der Waals surface area (Å²) < 4.78 is 0. The monoisotopic (exact) mass is 181 g/mol. The summed E-state index contributed by atoms with van der Waals surface area (Å²) >= 11 is 5.70. The van der Waals surface area contributed by atoms with Crippen LogP contribution in [-0.4, -0.2) is 6.29 Å². The van der Waals surface area contributed by atoms with E-state index in [-0.39, 0.29) is 5.92 Å². The maximum absolute atomic E-state index is 10.2. The van der Waals surface area contributed by atoms with Gasteiger partial charge >= 0.3 is 0 Å². The van der Waals surface area contributed by atoms with Gasteiger partial charge in [0.2, 0.25) is 6.29 Å². The molecule has 0 amide bonds. The molecule has 1 atom stereocenters. The summed E-state index contributed by atoms with van der Waals surface area (Å²) in [5, 5.41) is 0.724. The summed E-state index contributed by atoms with van der Waals surface area (Å²) in [7, 11) is 0. The molecule has 0 saturated heterocycles. The molecule has 0 aliphatic carbocycles. The minimum Gasteiger partial charge on any atom is -0.291 e. The van der Waals surface area contributed by atoms with E-state index in [0.717, 1.165) is 17.0 Å². The van der Waals surface area contributed by atoms with Crippen LogP contribution in [0.15, 0.2) is 24.3 Å². The Balaban J connectivity index is 2.64. The van der Waals surface area contributed by atoms with Crippen LogP contribution in [0.5, 0.6) is 0 Å². The molecule has 0 heterocycles. The van der Waals surface area contributed by atoms with Crippen molar-refractivity contribution in [1.82, 2.24) is 0 Å². The van der Waals surface area contributed by atoms with E-state index in [1.54, 1.807) is 0 Å². The third-order valence-corrected chi connectivity index (χ3v) is 1.91. The molecule has 0 N–H and O–H groups in total. The van der Waals surface area contributed by atoms with Crippen molar-refractivity contribution in [3.05, 3.63) is 34.9 Å². The van der Waals surface area contributed by atoms with E-state index >= 15 is 0 Å². The second-order valence-electron chi connectivity index (χ2n) is 2.85. The quantitative estimate of drug-likeness (QED) is 0.701. The molecule has 1 nitrogen and oxygen atoms in total. The van der Waals surface area contributed by atoms with Crippen molar-refractivity contribution in [2.75, 3.05) is 0 Å². The minimum atomic E-state index is -0.0359. The summed E-state index contributed by atoms with van der Waals surface area (Å²) in [6.45, 7) is 1.85. The van der Waals surface area contributed by atoms with E-state index in [9.17, 15) is 4.79 Å². The van der Waals surface area contributed by atoms with E-state index in [1.165, 1.54) is 0 Å². The van der Waals surface area contributed by atoms with Crippen molar-refractivity contribution in [2.24, 2.45) is 5.92 Å². The number of carbonyl (C=O) groups excluding carboxylic acids is 1. The van der Waals surface area contributed by atoms with Gasteiger partial charge in [-0.05, 0) is 24.1 Å². The number of hydrogen-bond donors (Lipinski definition) is 0. The molecular weight excluding hydrogens is 172 g/mol. The predicted octanol–water partition coefficient (Wildman–Crippen LogP) is 2.63. The second-order valence-corrected chi connectivity index (χ2v) is 3.29. The highest BCUT2D eigenvalue weighted by molar-refractivity contribution is 6.30. The fourth-order valence-electron chi connectivity index (χ4n) is 1.02. The predicted molar refractivity (Wildman–Crippen MR) is 50.0 cm³/mol.